The van der Waals surface area contributed by atoms with Crippen LogP contribution in [0.3, 0.4) is 0 Å². The summed E-state index contributed by atoms with van der Waals surface area (Å²) in [5, 5.41) is 2.68. The molecule has 0 fully saturated rings. The molecule has 0 saturated heterocycles. The van der Waals surface area contributed by atoms with Gasteiger partial charge in [0.2, 0.25) is 0 Å². The van der Waals surface area contributed by atoms with E-state index in [9.17, 15) is 18.4 Å². The molecule has 0 aliphatic rings. The highest BCUT2D eigenvalue weighted by Crippen LogP contribution is 2.07. The lowest BCUT2D eigenvalue weighted by molar-refractivity contribution is -0.154. The van der Waals surface area contributed by atoms with E-state index in [0.29, 0.717) is 19.4 Å². The first-order chi connectivity index (χ1) is 12.4. The Hall–Kier alpha value is -2.76. The van der Waals surface area contributed by atoms with Gasteiger partial charge < -0.3 is 10.1 Å². The van der Waals surface area contributed by atoms with E-state index < -0.39 is 12.1 Å². The maximum absolute atomic E-state index is 12.8. The number of carbonyl (C=O) groups is 2. The van der Waals surface area contributed by atoms with Crippen LogP contribution in [0.15, 0.2) is 48.5 Å². The Morgan fingerprint density at radius 3 is 1.96 bits per heavy atom. The normalized spacial score (nSPS) is 11.7. The van der Waals surface area contributed by atoms with Gasteiger partial charge in [0.25, 0.3) is 5.91 Å². The predicted octanol–water partition coefficient (Wildman–Crippen LogP) is 3.19. The standard InChI is InChI=1S/C20H21F2NO3/c1-14(20(25)23-13-12-16-4-9-18(22)10-5-16)26-19(24)11-6-15-2-7-17(21)8-3-15/h2-5,7-10,14H,6,11-13H2,1H3,(H,23,25). The Labute approximate surface area is 151 Å². The Kier molecular flexibility index (Phi) is 7.26. The molecule has 138 valence electrons. The molecule has 1 atom stereocenters. The molecule has 4 nitrogen and oxygen atoms in total. The first-order valence-corrected chi connectivity index (χ1v) is 8.40. The van der Waals surface area contributed by atoms with E-state index >= 15 is 0 Å². The smallest absolute Gasteiger partial charge is 0.306 e. The number of esters is 1. The highest BCUT2D eigenvalue weighted by Gasteiger charge is 2.17. The van der Waals surface area contributed by atoms with Crippen LogP contribution in [-0.2, 0) is 27.2 Å². The third kappa shape index (κ3) is 6.63. The second kappa shape index (κ2) is 9.65. The average Bonchev–Trinajstić information content (AvgIpc) is 2.62. The molecule has 0 aliphatic heterocycles. The minimum Gasteiger partial charge on any atom is -0.453 e. The first kappa shape index (κ1) is 19.6. The van der Waals surface area contributed by atoms with Gasteiger partial charge in [-0.1, -0.05) is 24.3 Å². The Morgan fingerprint density at radius 1 is 0.923 bits per heavy atom. The number of rotatable bonds is 8. The van der Waals surface area contributed by atoms with Gasteiger partial charge in [-0.25, -0.2) is 8.78 Å². The van der Waals surface area contributed by atoms with E-state index in [2.05, 4.69) is 5.32 Å². The summed E-state index contributed by atoms with van der Waals surface area (Å²) in [6.07, 6.45) is 0.178. The molecular weight excluding hydrogens is 340 g/mol. The molecule has 0 saturated carbocycles. The van der Waals surface area contributed by atoms with Crippen LogP contribution in [0.5, 0.6) is 0 Å². The third-order valence-electron chi connectivity index (χ3n) is 3.83. The summed E-state index contributed by atoms with van der Waals surface area (Å²) in [5.74, 6) is -1.51. The summed E-state index contributed by atoms with van der Waals surface area (Å²) in [7, 11) is 0. The van der Waals surface area contributed by atoms with Gasteiger partial charge in [-0.05, 0) is 55.2 Å². The highest BCUT2D eigenvalue weighted by atomic mass is 19.1. The van der Waals surface area contributed by atoms with Gasteiger partial charge in [0.1, 0.15) is 11.6 Å². The van der Waals surface area contributed by atoms with E-state index in [0.717, 1.165) is 11.1 Å². The summed E-state index contributed by atoms with van der Waals surface area (Å²) in [6, 6.07) is 11.9. The van der Waals surface area contributed by atoms with Gasteiger partial charge in [-0.3, -0.25) is 9.59 Å². The molecule has 0 radical (unpaired) electrons. The first-order valence-electron chi connectivity index (χ1n) is 8.40. The molecule has 1 unspecified atom stereocenters. The molecule has 2 aromatic carbocycles. The van der Waals surface area contributed by atoms with Crippen LogP contribution in [0.4, 0.5) is 8.78 Å². The van der Waals surface area contributed by atoms with E-state index in [4.69, 9.17) is 4.74 Å². The van der Waals surface area contributed by atoms with Crippen LogP contribution in [-0.4, -0.2) is 24.5 Å². The van der Waals surface area contributed by atoms with Crippen LogP contribution in [0.25, 0.3) is 0 Å². The second-order valence-corrected chi connectivity index (χ2v) is 5.93. The summed E-state index contributed by atoms with van der Waals surface area (Å²) in [5.41, 5.74) is 1.72. The number of hydrogen-bond acceptors (Lipinski definition) is 3. The number of amides is 1. The lowest BCUT2D eigenvalue weighted by Crippen LogP contribution is -2.36. The predicted molar refractivity (Wildman–Crippen MR) is 93.4 cm³/mol. The molecule has 0 spiro atoms. The number of ether oxygens (including phenoxy) is 1. The van der Waals surface area contributed by atoms with E-state index in [-0.39, 0.29) is 24.0 Å². The molecule has 6 heteroatoms. The van der Waals surface area contributed by atoms with Gasteiger partial charge in [0.05, 0.1) is 0 Å². The molecule has 1 amide bonds. The zero-order chi connectivity index (χ0) is 18.9. The van der Waals surface area contributed by atoms with Gasteiger partial charge >= 0.3 is 5.97 Å². The average molecular weight is 361 g/mol. The quantitative estimate of drug-likeness (QED) is 0.735. The molecule has 1 N–H and O–H groups in total. The monoisotopic (exact) mass is 361 g/mol. The summed E-state index contributed by atoms with van der Waals surface area (Å²) in [4.78, 5) is 23.8. The molecule has 2 rings (SSSR count). The van der Waals surface area contributed by atoms with E-state index in [1.165, 1.54) is 31.2 Å². The maximum atomic E-state index is 12.8. The van der Waals surface area contributed by atoms with Gasteiger partial charge in [-0.2, -0.15) is 0 Å². The minimum absolute atomic E-state index is 0.110. The molecule has 0 heterocycles. The zero-order valence-electron chi connectivity index (χ0n) is 14.5. The maximum Gasteiger partial charge on any atom is 0.306 e. The van der Waals surface area contributed by atoms with Crippen molar-refractivity contribution in [2.45, 2.75) is 32.3 Å². The molecule has 0 aliphatic carbocycles. The number of benzene rings is 2. The van der Waals surface area contributed by atoms with Crippen LogP contribution >= 0.6 is 0 Å². The fourth-order valence-electron chi connectivity index (χ4n) is 2.33. The van der Waals surface area contributed by atoms with Crippen molar-refractivity contribution in [3.63, 3.8) is 0 Å². The Morgan fingerprint density at radius 2 is 1.42 bits per heavy atom. The number of hydrogen-bond donors (Lipinski definition) is 1. The topological polar surface area (TPSA) is 55.4 Å². The van der Waals surface area contributed by atoms with Crippen molar-refractivity contribution < 1.29 is 23.1 Å². The van der Waals surface area contributed by atoms with Crippen molar-refractivity contribution in [2.24, 2.45) is 0 Å². The van der Waals surface area contributed by atoms with Crippen molar-refractivity contribution >= 4 is 11.9 Å². The number of halogens is 2. The van der Waals surface area contributed by atoms with Crippen molar-refractivity contribution in [2.75, 3.05) is 6.54 Å². The Bertz CT molecular complexity index is 730. The number of carbonyl (C=O) groups excluding carboxylic acids is 2. The lowest BCUT2D eigenvalue weighted by atomic mass is 10.1. The summed E-state index contributed by atoms with van der Waals surface area (Å²) < 4.78 is 30.7. The van der Waals surface area contributed by atoms with Crippen LogP contribution < -0.4 is 5.32 Å². The van der Waals surface area contributed by atoms with Crippen molar-refractivity contribution in [1.29, 1.82) is 0 Å². The highest BCUT2D eigenvalue weighted by molar-refractivity contribution is 5.83. The van der Waals surface area contributed by atoms with E-state index in [1.54, 1.807) is 24.3 Å². The van der Waals surface area contributed by atoms with Gasteiger partial charge in [-0.15, -0.1) is 0 Å². The summed E-state index contributed by atoms with van der Waals surface area (Å²) in [6.45, 7) is 1.87. The van der Waals surface area contributed by atoms with Crippen molar-refractivity contribution in [1.82, 2.24) is 5.32 Å². The molecule has 26 heavy (non-hydrogen) atoms. The summed E-state index contributed by atoms with van der Waals surface area (Å²) >= 11 is 0. The van der Waals surface area contributed by atoms with Gasteiger partial charge in [0.15, 0.2) is 6.10 Å². The molecular formula is C20H21F2NO3. The van der Waals surface area contributed by atoms with Crippen LogP contribution in [0.2, 0.25) is 0 Å². The molecule has 0 bridgehead atoms. The van der Waals surface area contributed by atoms with E-state index in [1.807, 2.05) is 0 Å². The number of aryl methyl sites for hydroxylation is 1. The molecule has 2 aromatic rings. The zero-order valence-corrected chi connectivity index (χ0v) is 14.5. The third-order valence-corrected chi connectivity index (χ3v) is 3.83. The molecule has 0 aromatic heterocycles. The van der Waals surface area contributed by atoms with Gasteiger partial charge in [0, 0.05) is 13.0 Å². The van der Waals surface area contributed by atoms with Crippen molar-refractivity contribution in [3.8, 4) is 0 Å². The lowest BCUT2D eigenvalue weighted by Gasteiger charge is -2.13. The fourth-order valence-corrected chi connectivity index (χ4v) is 2.33. The van der Waals surface area contributed by atoms with Crippen molar-refractivity contribution in [3.05, 3.63) is 71.3 Å². The SMILES string of the molecule is CC(OC(=O)CCc1ccc(F)cc1)C(=O)NCCc1ccc(F)cc1. The minimum atomic E-state index is -0.899. The fraction of sp³-hybridized carbons (Fsp3) is 0.300. The van der Waals surface area contributed by atoms with Crippen LogP contribution in [0, 0.1) is 11.6 Å². The Balaban J connectivity index is 1.67. The number of nitrogens with one attached hydrogen (secondary N) is 1. The second-order valence-electron chi connectivity index (χ2n) is 5.93. The van der Waals surface area contributed by atoms with Crippen LogP contribution in [0.1, 0.15) is 24.5 Å². The largest absolute Gasteiger partial charge is 0.453 e.